The molecule has 0 radical (unpaired) electrons. The van der Waals surface area contributed by atoms with E-state index in [-0.39, 0.29) is 5.56 Å². The summed E-state index contributed by atoms with van der Waals surface area (Å²) in [6.45, 7) is 1.89. The molecule has 0 saturated carbocycles. The van der Waals surface area contributed by atoms with Crippen LogP contribution in [0, 0.1) is 18.3 Å². The summed E-state index contributed by atoms with van der Waals surface area (Å²) in [7, 11) is 0. The highest BCUT2D eigenvalue weighted by atomic mass is 35.5. The minimum atomic E-state index is -0.180. The van der Waals surface area contributed by atoms with Crippen LogP contribution < -0.4 is 5.56 Å². The van der Waals surface area contributed by atoms with Crippen molar-refractivity contribution in [1.82, 2.24) is 9.38 Å². The first-order valence-corrected chi connectivity index (χ1v) is 7.33. The summed E-state index contributed by atoms with van der Waals surface area (Å²) in [4.78, 5) is 16.7. The van der Waals surface area contributed by atoms with Crippen molar-refractivity contribution in [2.45, 2.75) is 6.92 Å². The average molecular weight is 322 g/mol. The molecule has 0 spiro atoms. The van der Waals surface area contributed by atoms with Crippen LogP contribution in [0.15, 0.2) is 53.5 Å². The zero-order valence-corrected chi connectivity index (χ0v) is 13.1. The van der Waals surface area contributed by atoms with Crippen molar-refractivity contribution < 1.29 is 0 Å². The number of nitrogens with zero attached hydrogens (tertiary/aromatic N) is 3. The lowest BCUT2D eigenvalue weighted by atomic mass is 10.1. The van der Waals surface area contributed by atoms with Gasteiger partial charge >= 0.3 is 0 Å². The molecule has 0 aliphatic rings. The first-order chi connectivity index (χ1) is 11.1. The van der Waals surface area contributed by atoms with Gasteiger partial charge in [-0.2, -0.15) is 5.26 Å². The molecular weight excluding hydrogens is 310 g/mol. The molecule has 0 fully saturated rings. The number of rotatable bonds is 2. The maximum atomic E-state index is 12.2. The zero-order chi connectivity index (χ0) is 16.4. The average Bonchev–Trinajstić information content (AvgIpc) is 2.56. The van der Waals surface area contributed by atoms with E-state index in [4.69, 9.17) is 16.9 Å². The van der Waals surface area contributed by atoms with E-state index in [1.807, 2.05) is 13.0 Å². The Labute approximate surface area is 137 Å². The molecular formula is C18H12ClN3O. The molecule has 3 rings (SSSR count). The molecule has 0 aliphatic heterocycles. The highest BCUT2D eigenvalue weighted by molar-refractivity contribution is 6.51. The van der Waals surface area contributed by atoms with Gasteiger partial charge in [0.25, 0.3) is 5.56 Å². The number of nitriles is 1. The first-order valence-electron chi connectivity index (χ1n) is 6.95. The van der Waals surface area contributed by atoms with Crippen LogP contribution in [-0.4, -0.2) is 9.38 Å². The van der Waals surface area contributed by atoms with Crippen LogP contribution in [-0.2, 0) is 0 Å². The van der Waals surface area contributed by atoms with Crippen molar-refractivity contribution in [3.63, 3.8) is 0 Å². The fourth-order valence-corrected chi connectivity index (χ4v) is 2.48. The molecule has 23 heavy (non-hydrogen) atoms. The molecule has 0 bridgehead atoms. The highest BCUT2D eigenvalue weighted by Crippen LogP contribution is 2.21. The van der Waals surface area contributed by atoms with Crippen LogP contribution in [0.4, 0.5) is 0 Å². The Hall–Kier alpha value is -2.90. The SMILES string of the molecule is Cc1cccn2c(=O)cc(/C(Cl)=C/c3ccc(C#N)cc3)nc12. The van der Waals surface area contributed by atoms with Crippen molar-refractivity contribution in [2.24, 2.45) is 0 Å². The van der Waals surface area contributed by atoms with E-state index in [2.05, 4.69) is 11.1 Å². The lowest BCUT2D eigenvalue weighted by Crippen LogP contribution is -2.15. The normalized spacial score (nSPS) is 11.4. The molecule has 0 N–H and O–H groups in total. The van der Waals surface area contributed by atoms with E-state index < -0.39 is 0 Å². The maximum Gasteiger partial charge on any atom is 0.258 e. The third kappa shape index (κ3) is 3.01. The summed E-state index contributed by atoms with van der Waals surface area (Å²) in [5, 5.41) is 9.18. The third-order valence-corrected chi connectivity index (χ3v) is 3.77. The summed E-state index contributed by atoms with van der Waals surface area (Å²) in [5.41, 5.74) is 3.14. The van der Waals surface area contributed by atoms with Crippen molar-refractivity contribution >= 4 is 28.4 Å². The Morgan fingerprint density at radius 1 is 1.30 bits per heavy atom. The Morgan fingerprint density at radius 3 is 2.74 bits per heavy atom. The quantitative estimate of drug-likeness (QED) is 0.724. The molecule has 112 valence electrons. The zero-order valence-electron chi connectivity index (χ0n) is 12.3. The number of aromatic nitrogens is 2. The Bertz CT molecular complexity index is 1010. The molecule has 2 heterocycles. The molecule has 4 nitrogen and oxygen atoms in total. The molecule has 3 aromatic rings. The van der Waals surface area contributed by atoms with Gasteiger partial charge in [0.15, 0.2) is 0 Å². The second-order valence-electron chi connectivity index (χ2n) is 5.09. The van der Waals surface area contributed by atoms with Crippen molar-refractivity contribution in [2.75, 3.05) is 0 Å². The fourth-order valence-electron chi connectivity index (χ4n) is 2.26. The van der Waals surface area contributed by atoms with Gasteiger partial charge in [0.2, 0.25) is 0 Å². The van der Waals surface area contributed by atoms with Gasteiger partial charge in [0, 0.05) is 12.3 Å². The summed E-state index contributed by atoms with van der Waals surface area (Å²) < 4.78 is 1.49. The smallest absolute Gasteiger partial charge is 0.258 e. The largest absolute Gasteiger partial charge is 0.269 e. The topological polar surface area (TPSA) is 58.2 Å². The predicted octanol–water partition coefficient (Wildman–Crippen LogP) is 3.61. The van der Waals surface area contributed by atoms with Gasteiger partial charge in [0.1, 0.15) is 5.65 Å². The number of hydrogen-bond acceptors (Lipinski definition) is 3. The van der Waals surface area contributed by atoms with Gasteiger partial charge in [-0.25, -0.2) is 4.98 Å². The Balaban J connectivity index is 2.08. The van der Waals surface area contributed by atoms with Gasteiger partial charge < -0.3 is 0 Å². The lowest BCUT2D eigenvalue weighted by molar-refractivity contribution is 1.02. The molecule has 2 aromatic heterocycles. The summed E-state index contributed by atoms with van der Waals surface area (Å²) in [5.74, 6) is 0. The van der Waals surface area contributed by atoms with Crippen molar-refractivity contribution in [3.05, 3.63) is 81.4 Å². The van der Waals surface area contributed by atoms with Crippen LogP contribution in [0.2, 0.25) is 0 Å². The highest BCUT2D eigenvalue weighted by Gasteiger charge is 2.07. The second-order valence-corrected chi connectivity index (χ2v) is 5.50. The van der Waals surface area contributed by atoms with Crippen molar-refractivity contribution in [3.8, 4) is 6.07 Å². The number of pyridine rings is 1. The summed E-state index contributed by atoms with van der Waals surface area (Å²) >= 11 is 6.32. The third-order valence-electron chi connectivity index (χ3n) is 3.46. The van der Waals surface area contributed by atoms with Gasteiger partial charge in [-0.15, -0.1) is 0 Å². The molecule has 1 aromatic carbocycles. The van der Waals surface area contributed by atoms with Crippen LogP contribution >= 0.6 is 11.6 Å². The molecule has 0 aliphatic carbocycles. The van der Waals surface area contributed by atoms with Crippen LogP contribution in [0.3, 0.4) is 0 Å². The van der Waals surface area contributed by atoms with Crippen LogP contribution in [0.5, 0.6) is 0 Å². The Kier molecular flexibility index (Phi) is 3.96. The minimum absolute atomic E-state index is 0.180. The minimum Gasteiger partial charge on any atom is -0.269 e. The van der Waals surface area contributed by atoms with Gasteiger partial charge in [-0.1, -0.05) is 29.8 Å². The van der Waals surface area contributed by atoms with E-state index in [0.29, 0.717) is 21.9 Å². The van der Waals surface area contributed by atoms with Crippen LogP contribution in [0.1, 0.15) is 22.4 Å². The van der Waals surface area contributed by atoms with Crippen LogP contribution in [0.25, 0.3) is 16.8 Å². The number of benzene rings is 1. The van der Waals surface area contributed by atoms with Gasteiger partial charge in [-0.05, 0) is 42.3 Å². The molecule has 5 heteroatoms. The maximum absolute atomic E-state index is 12.2. The summed E-state index contributed by atoms with van der Waals surface area (Å²) in [6.07, 6.45) is 3.40. The van der Waals surface area contributed by atoms with E-state index in [1.54, 1.807) is 42.6 Å². The van der Waals surface area contributed by atoms with Gasteiger partial charge in [0.05, 0.1) is 22.4 Å². The number of halogens is 1. The van der Waals surface area contributed by atoms with E-state index in [9.17, 15) is 4.79 Å². The lowest BCUT2D eigenvalue weighted by Gasteiger charge is -2.05. The van der Waals surface area contributed by atoms with E-state index >= 15 is 0 Å². The monoisotopic (exact) mass is 321 g/mol. The number of hydrogen-bond donors (Lipinski definition) is 0. The summed E-state index contributed by atoms with van der Waals surface area (Å²) in [6, 6.07) is 14.2. The predicted molar refractivity (Wildman–Crippen MR) is 91.1 cm³/mol. The van der Waals surface area contributed by atoms with Crippen molar-refractivity contribution in [1.29, 1.82) is 5.26 Å². The van der Waals surface area contributed by atoms with Gasteiger partial charge in [-0.3, -0.25) is 9.20 Å². The fraction of sp³-hybridized carbons (Fsp3) is 0.0556. The first kappa shape index (κ1) is 15.0. The standard InChI is InChI=1S/C18H12ClN3O/c1-12-3-2-8-22-17(23)10-16(21-18(12)22)15(19)9-13-4-6-14(11-20)7-5-13/h2-10H,1H3/b15-9-. The molecule has 0 amide bonds. The number of aryl methyl sites for hydroxylation is 1. The molecule has 0 saturated heterocycles. The Morgan fingerprint density at radius 2 is 2.04 bits per heavy atom. The molecule has 0 unspecified atom stereocenters. The molecule has 0 atom stereocenters. The second kappa shape index (κ2) is 6.07. The van der Waals surface area contributed by atoms with E-state index in [1.165, 1.54) is 10.5 Å². The number of fused-ring (bicyclic) bond motifs is 1. The van der Waals surface area contributed by atoms with E-state index in [0.717, 1.165) is 11.1 Å².